The van der Waals surface area contributed by atoms with Crippen LogP contribution in [0.2, 0.25) is 0 Å². The fourth-order valence-electron chi connectivity index (χ4n) is 1.97. The smallest absolute Gasteiger partial charge is 0.250 e. The van der Waals surface area contributed by atoms with Crippen LogP contribution in [0.15, 0.2) is 36.5 Å². The van der Waals surface area contributed by atoms with Crippen LogP contribution in [0.1, 0.15) is 21.5 Å². The standard InChI is InChI=1S/C15H15N5O/c1-20(9-11-4-2-3-10(5-11)7-16)14-6-12(15(18)21)13(17)8-19-14/h2-6,8H,9,17H2,1H3,(H2,18,21). The molecule has 0 saturated heterocycles. The Bertz CT molecular complexity index is 720. The third-order valence-corrected chi connectivity index (χ3v) is 3.05. The maximum atomic E-state index is 11.3. The van der Waals surface area contributed by atoms with Crippen molar-refractivity contribution in [2.45, 2.75) is 6.54 Å². The average molecular weight is 281 g/mol. The number of carbonyl (C=O) groups is 1. The molecule has 0 unspecified atom stereocenters. The van der Waals surface area contributed by atoms with E-state index in [1.165, 1.54) is 6.20 Å². The molecular formula is C15H15N5O. The Morgan fingerprint density at radius 3 is 2.86 bits per heavy atom. The minimum absolute atomic E-state index is 0.248. The van der Waals surface area contributed by atoms with Crippen LogP contribution in [0.4, 0.5) is 11.5 Å². The van der Waals surface area contributed by atoms with Gasteiger partial charge in [-0.05, 0) is 23.8 Å². The summed E-state index contributed by atoms with van der Waals surface area (Å²) in [5, 5.41) is 8.90. The van der Waals surface area contributed by atoms with Crippen LogP contribution in [0.5, 0.6) is 0 Å². The molecular weight excluding hydrogens is 266 g/mol. The topological polar surface area (TPSA) is 109 Å². The first kappa shape index (κ1) is 14.3. The number of anilines is 2. The quantitative estimate of drug-likeness (QED) is 0.877. The Kier molecular flexibility index (Phi) is 4.05. The number of aromatic nitrogens is 1. The number of primary amides is 1. The van der Waals surface area contributed by atoms with E-state index in [4.69, 9.17) is 16.7 Å². The normalized spacial score (nSPS) is 9.90. The second kappa shape index (κ2) is 5.92. The molecule has 1 aromatic heterocycles. The Morgan fingerprint density at radius 1 is 1.43 bits per heavy atom. The first-order valence-corrected chi connectivity index (χ1v) is 6.26. The van der Waals surface area contributed by atoms with E-state index in [1.807, 2.05) is 30.1 Å². The van der Waals surface area contributed by atoms with E-state index in [0.29, 0.717) is 17.9 Å². The van der Waals surface area contributed by atoms with Crippen molar-refractivity contribution in [2.75, 3.05) is 17.7 Å². The Hall–Kier alpha value is -3.07. The molecule has 0 aliphatic heterocycles. The number of carbonyl (C=O) groups excluding carboxylic acids is 1. The van der Waals surface area contributed by atoms with E-state index in [0.717, 1.165) is 5.56 Å². The van der Waals surface area contributed by atoms with E-state index >= 15 is 0 Å². The minimum Gasteiger partial charge on any atom is -0.397 e. The fraction of sp³-hybridized carbons (Fsp3) is 0.133. The van der Waals surface area contributed by atoms with Gasteiger partial charge >= 0.3 is 0 Å². The van der Waals surface area contributed by atoms with Gasteiger partial charge in [-0.25, -0.2) is 4.98 Å². The van der Waals surface area contributed by atoms with Crippen molar-refractivity contribution in [2.24, 2.45) is 5.73 Å². The minimum atomic E-state index is -0.587. The number of nitriles is 1. The fourth-order valence-corrected chi connectivity index (χ4v) is 1.97. The summed E-state index contributed by atoms with van der Waals surface area (Å²) in [6.07, 6.45) is 1.41. The van der Waals surface area contributed by atoms with Gasteiger partial charge in [0.05, 0.1) is 29.1 Å². The maximum Gasteiger partial charge on any atom is 0.250 e. The van der Waals surface area contributed by atoms with Crippen molar-refractivity contribution in [1.29, 1.82) is 5.26 Å². The molecule has 0 aliphatic rings. The first-order chi connectivity index (χ1) is 10.0. The van der Waals surface area contributed by atoms with E-state index in [9.17, 15) is 4.79 Å². The Balaban J connectivity index is 2.24. The molecule has 106 valence electrons. The van der Waals surface area contributed by atoms with Crippen molar-refractivity contribution >= 4 is 17.4 Å². The van der Waals surface area contributed by atoms with Crippen LogP contribution in [0.3, 0.4) is 0 Å². The zero-order valence-corrected chi connectivity index (χ0v) is 11.6. The molecule has 0 saturated carbocycles. The van der Waals surface area contributed by atoms with Gasteiger partial charge in [-0.2, -0.15) is 5.26 Å². The van der Waals surface area contributed by atoms with Crippen molar-refractivity contribution in [3.8, 4) is 6.07 Å². The SMILES string of the molecule is CN(Cc1cccc(C#N)c1)c1cc(C(N)=O)c(N)cn1. The number of hydrogen-bond acceptors (Lipinski definition) is 5. The molecule has 0 spiro atoms. The number of nitrogens with two attached hydrogens (primary N) is 2. The van der Waals surface area contributed by atoms with E-state index in [1.54, 1.807) is 12.1 Å². The van der Waals surface area contributed by atoms with Crippen LogP contribution in [-0.4, -0.2) is 17.9 Å². The molecule has 4 N–H and O–H groups in total. The predicted molar refractivity (Wildman–Crippen MR) is 80.4 cm³/mol. The molecule has 1 aromatic carbocycles. The summed E-state index contributed by atoms with van der Waals surface area (Å²) < 4.78 is 0. The van der Waals surface area contributed by atoms with Gasteiger partial charge in [0.1, 0.15) is 5.82 Å². The summed E-state index contributed by atoms with van der Waals surface area (Å²) in [6, 6.07) is 11.0. The molecule has 0 fully saturated rings. The third-order valence-electron chi connectivity index (χ3n) is 3.05. The molecule has 2 rings (SSSR count). The van der Waals surface area contributed by atoms with Gasteiger partial charge in [0, 0.05) is 13.6 Å². The molecule has 0 aliphatic carbocycles. The summed E-state index contributed by atoms with van der Waals surface area (Å²) >= 11 is 0. The van der Waals surface area contributed by atoms with Gasteiger partial charge in [-0.1, -0.05) is 12.1 Å². The Morgan fingerprint density at radius 2 is 2.19 bits per heavy atom. The van der Waals surface area contributed by atoms with E-state index in [-0.39, 0.29) is 11.3 Å². The van der Waals surface area contributed by atoms with Gasteiger partial charge in [-0.15, -0.1) is 0 Å². The lowest BCUT2D eigenvalue weighted by atomic mass is 10.1. The van der Waals surface area contributed by atoms with Gasteiger partial charge in [0.15, 0.2) is 0 Å². The summed E-state index contributed by atoms with van der Waals surface area (Å²) in [6.45, 7) is 0.546. The largest absolute Gasteiger partial charge is 0.397 e. The van der Waals surface area contributed by atoms with Crippen LogP contribution < -0.4 is 16.4 Å². The van der Waals surface area contributed by atoms with Gasteiger partial charge in [-0.3, -0.25) is 4.79 Å². The lowest BCUT2D eigenvalue weighted by Crippen LogP contribution is -2.20. The molecule has 0 radical (unpaired) electrons. The van der Waals surface area contributed by atoms with Crippen LogP contribution in [-0.2, 0) is 6.54 Å². The first-order valence-electron chi connectivity index (χ1n) is 6.26. The maximum absolute atomic E-state index is 11.3. The average Bonchev–Trinajstić information content (AvgIpc) is 2.47. The second-order valence-electron chi connectivity index (χ2n) is 4.66. The second-order valence-corrected chi connectivity index (χ2v) is 4.66. The highest BCUT2D eigenvalue weighted by molar-refractivity contribution is 5.98. The number of hydrogen-bond donors (Lipinski definition) is 2. The molecule has 6 heteroatoms. The zero-order chi connectivity index (χ0) is 15.4. The number of amides is 1. The number of nitrogen functional groups attached to an aromatic ring is 1. The highest BCUT2D eigenvalue weighted by atomic mass is 16.1. The number of nitrogens with zero attached hydrogens (tertiary/aromatic N) is 3. The van der Waals surface area contributed by atoms with E-state index < -0.39 is 5.91 Å². The van der Waals surface area contributed by atoms with E-state index in [2.05, 4.69) is 11.1 Å². The van der Waals surface area contributed by atoms with Crippen LogP contribution >= 0.6 is 0 Å². The van der Waals surface area contributed by atoms with Gasteiger partial charge in [0.25, 0.3) is 5.91 Å². The number of pyridine rings is 1. The van der Waals surface area contributed by atoms with Crippen molar-refractivity contribution in [3.05, 3.63) is 53.2 Å². The third kappa shape index (κ3) is 3.28. The van der Waals surface area contributed by atoms with Crippen molar-refractivity contribution < 1.29 is 4.79 Å². The Labute approximate surface area is 122 Å². The van der Waals surface area contributed by atoms with Gasteiger partial charge in [0.2, 0.25) is 0 Å². The highest BCUT2D eigenvalue weighted by Gasteiger charge is 2.11. The van der Waals surface area contributed by atoms with Crippen LogP contribution in [0, 0.1) is 11.3 Å². The lowest BCUT2D eigenvalue weighted by Gasteiger charge is -2.19. The molecule has 2 aromatic rings. The van der Waals surface area contributed by atoms with Crippen molar-refractivity contribution in [1.82, 2.24) is 4.98 Å². The molecule has 1 amide bonds. The molecule has 0 atom stereocenters. The molecule has 0 bridgehead atoms. The molecule has 6 nitrogen and oxygen atoms in total. The monoisotopic (exact) mass is 281 g/mol. The zero-order valence-electron chi connectivity index (χ0n) is 11.6. The highest BCUT2D eigenvalue weighted by Crippen LogP contribution is 2.18. The number of rotatable bonds is 4. The van der Waals surface area contributed by atoms with Crippen LogP contribution in [0.25, 0.3) is 0 Å². The summed E-state index contributed by atoms with van der Waals surface area (Å²) in [5.74, 6) is -0.00334. The number of benzene rings is 1. The van der Waals surface area contributed by atoms with Gasteiger partial charge < -0.3 is 16.4 Å². The summed E-state index contributed by atoms with van der Waals surface area (Å²) in [4.78, 5) is 17.3. The summed E-state index contributed by atoms with van der Waals surface area (Å²) in [7, 11) is 1.84. The molecule has 21 heavy (non-hydrogen) atoms. The summed E-state index contributed by atoms with van der Waals surface area (Å²) in [5.41, 5.74) is 13.0. The van der Waals surface area contributed by atoms with Crippen molar-refractivity contribution in [3.63, 3.8) is 0 Å². The lowest BCUT2D eigenvalue weighted by molar-refractivity contribution is 0.100. The molecule has 1 heterocycles. The predicted octanol–water partition coefficient (Wildman–Crippen LogP) is 1.27.